The fourth-order valence-corrected chi connectivity index (χ4v) is 3.50. The van der Waals surface area contributed by atoms with Crippen LogP contribution in [0.25, 0.3) is 0 Å². The summed E-state index contributed by atoms with van der Waals surface area (Å²) in [6.45, 7) is 8.71. The van der Waals surface area contributed by atoms with E-state index >= 15 is 0 Å². The molecule has 1 saturated heterocycles. The lowest BCUT2D eigenvalue weighted by Gasteiger charge is -2.33. The van der Waals surface area contributed by atoms with Crippen LogP contribution in [0.3, 0.4) is 0 Å². The standard InChI is InChI=1S/C21H26FNO/c1-14-4-5-17(10-15(14)2)13-24-21-8-9-23-12-20(21)19-7-6-18(22)11-16(19)3/h4-7,10-11,20-21,23H,8-9,12-13H2,1-3H3. The van der Waals surface area contributed by atoms with Gasteiger partial charge in [0.05, 0.1) is 12.7 Å². The molecule has 2 aromatic rings. The molecule has 1 heterocycles. The van der Waals surface area contributed by atoms with Crippen LogP contribution in [0.1, 0.15) is 40.2 Å². The number of benzene rings is 2. The third-order valence-electron chi connectivity index (χ3n) is 5.09. The summed E-state index contributed by atoms with van der Waals surface area (Å²) in [6.07, 6.45) is 1.14. The second-order valence-electron chi connectivity index (χ2n) is 6.87. The maximum Gasteiger partial charge on any atom is 0.123 e. The summed E-state index contributed by atoms with van der Waals surface area (Å²) in [5.74, 6) is 0.0958. The zero-order valence-electron chi connectivity index (χ0n) is 14.7. The van der Waals surface area contributed by atoms with Crippen molar-refractivity contribution in [2.45, 2.75) is 45.8 Å². The van der Waals surface area contributed by atoms with Crippen molar-refractivity contribution in [1.82, 2.24) is 5.32 Å². The quantitative estimate of drug-likeness (QED) is 0.898. The first-order valence-electron chi connectivity index (χ1n) is 8.69. The molecule has 2 aromatic carbocycles. The third-order valence-corrected chi connectivity index (χ3v) is 5.09. The molecular formula is C21H26FNO. The van der Waals surface area contributed by atoms with E-state index in [2.05, 4.69) is 37.4 Å². The number of nitrogens with one attached hydrogen (secondary N) is 1. The fourth-order valence-electron chi connectivity index (χ4n) is 3.50. The maximum absolute atomic E-state index is 13.4. The van der Waals surface area contributed by atoms with E-state index in [1.807, 2.05) is 13.0 Å². The van der Waals surface area contributed by atoms with E-state index in [-0.39, 0.29) is 17.8 Å². The predicted molar refractivity (Wildman–Crippen MR) is 95.9 cm³/mol. The number of halogens is 1. The molecule has 3 heteroatoms. The third kappa shape index (κ3) is 3.85. The Labute approximate surface area is 144 Å². The van der Waals surface area contributed by atoms with Gasteiger partial charge in [0.15, 0.2) is 0 Å². The molecule has 0 amide bonds. The molecule has 0 spiro atoms. The van der Waals surface area contributed by atoms with Gasteiger partial charge in [0.25, 0.3) is 0 Å². The number of hydrogen-bond acceptors (Lipinski definition) is 2. The highest BCUT2D eigenvalue weighted by Gasteiger charge is 2.28. The summed E-state index contributed by atoms with van der Waals surface area (Å²) in [4.78, 5) is 0. The van der Waals surface area contributed by atoms with Gasteiger partial charge in [0.1, 0.15) is 5.82 Å². The van der Waals surface area contributed by atoms with Crippen LogP contribution >= 0.6 is 0 Å². The van der Waals surface area contributed by atoms with Crippen molar-refractivity contribution in [3.8, 4) is 0 Å². The van der Waals surface area contributed by atoms with E-state index < -0.39 is 0 Å². The van der Waals surface area contributed by atoms with Gasteiger partial charge in [-0.2, -0.15) is 0 Å². The highest BCUT2D eigenvalue weighted by molar-refractivity contribution is 5.32. The lowest BCUT2D eigenvalue weighted by Crippen LogP contribution is -2.40. The number of piperidine rings is 1. The van der Waals surface area contributed by atoms with E-state index in [1.165, 1.54) is 22.3 Å². The monoisotopic (exact) mass is 327 g/mol. The molecule has 128 valence electrons. The number of rotatable bonds is 4. The highest BCUT2D eigenvalue weighted by atomic mass is 19.1. The molecule has 0 saturated carbocycles. The van der Waals surface area contributed by atoms with Crippen molar-refractivity contribution in [1.29, 1.82) is 0 Å². The smallest absolute Gasteiger partial charge is 0.123 e. The molecule has 1 aliphatic heterocycles. The summed E-state index contributed by atoms with van der Waals surface area (Å²) in [5, 5.41) is 3.45. The summed E-state index contributed by atoms with van der Waals surface area (Å²) < 4.78 is 19.7. The van der Waals surface area contributed by atoms with Gasteiger partial charge in [-0.05, 0) is 73.7 Å². The molecule has 3 rings (SSSR count). The van der Waals surface area contributed by atoms with Crippen LogP contribution < -0.4 is 5.32 Å². The van der Waals surface area contributed by atoms with Crippen LogP contribution in [0.4, 0.5) is 4.39 Å². The zero-order valence-corrected chi connectivity index (χ0v) is 14.7. The number of aryl methyl sites for hydroxylation is 3. The molecule has 1 N–H and O–H groups in total. The van der Waals surface area contributed by atoms with Gasteiger partial charge in [0, 0.05) is 12.5 Å². The van der Waals surface area contributed by atoms with Gasteiger partial charge >= 0.3 is 0 Å². The van der Waals surface area contributed by atoms with E-state index in [0.29, 0.717) is 6.61 Å². The first-order valence-corrected chi connectivity index (χ1v) is 8.69. The Bertz CT molecular complexity index is 713. The average Bonchev–Trinajstić information content (AvgIpc) is 2.56. The molecular weight excluding hydrogens is 301 g/mol. The van der Waals surface area contributed by atoms with Gasteiger partial charge in [-0.1, -0.05) is 24.3 Å². The summed E-state index contributed by atoms with van der Waals surface area (Å²) >= 11 is 0. The van der Waals surface area contributed by atoms with Crippen LogP contribution in [-0.4, -0.2) is 19.2 Å². The Morgan fingerprint density at radius 2 is 1.88 bits per heavy atom. The number of hydrogen-bond donors (Lipinski definition) is 1. The fraction of sp³-hybridized carbons (Fsp3) is 0.429. The highest BCUT2D eigenvalue weighted by Crippen LogP contribution is 2.29. The molecule has 0 aromatic heterocycles. The van der Waals surface area contributed by atoms with Crippen molar-refractivity contribution in [2.75, 3.05) is 13.1 Å². The van der Waals surface area contributed by atoms with Crippen LogP contribution in [0.5, 0.6) is 0 Å². The lowest BCUT2D eigenvalue weighted by atomic mass is 9.86. The summed E-state index contributed by atoms with van der Waals surface area (Å²) in [6, 6.07) is 11.6. The van der Waals surface area contributed by atoms with Crippen molar-refractivity contribution < 1.29 is 9.13 Å². The van der Waals surface area contributed by atoms with Gasteiger partial charge in [-0.3, -0.25) is 0 Å². The first kappa shape index (κ1) is 17.1. The molecule has 2 atom stereocenters. The molecule has 0 radical (unpaired) electrons. The normalized spacial score (nSPS) is 21.0. The van der Waals surface area contributed by atoms with Crippen LogP contribution in [0.2, 0.25) is 0 Å². The largest absolute Gasteiger partial charge is 0.373 e. The first-order chi connectivity index (χ1) is 11.5. The molecule has 1 fully saturated rings. The Kier molecular flexibility index (Phi) is 5.32. The van der Waals surface area contributed by atoms with Crippen molar-refractivity contribution in [3.05, 3.63) is 70.0 Å². The Morgan fingerprint density at radius 3 is 2.62 bits per heavy atom. The molecule has 0 aliphatic carbocycles. The van der Waals surface area contributed by atoms with Crippen molar-refractivity contribution >= 4 is 0 Å². The molecule has 2 unspecified atom stereocenters. The predicted octanol–water partition coefficient (Wildman–Crippen LogP) is 4.41. The molecule has 0 bridgehead atoms. The van der Waals surface area contributed by atoms with Gasteiger partial charge in [0.2, 0.25) is 0 Å². The second kappa shape index (κ2) is 7.45. The van der Waals surface area contributed by atoms with Crippen molar-refractivity contribution in [2.24, 2.45) is 0 Å². The SMILES string of the molecule is Cc1ccc(COC2CCNCC2c2ccc(F)cc2C)cc1C. The van der Waals surface area contributed by atoms with E-state index in [4.69, 9.17) is 4.74 Å². The lowest BCUT2D eigenvalue weighted by molar-refractivity contribution is 0.00675. The van der Waals surface area contributed by atoms with Gasteiger partial charge in [-0.15, -0.1) is 0 Å². The molecule has 24 heavy (non-hydrogen) atoms. The Balaban J connectivity index is 1.73. The zero-order chi connectivity index (χ0) is 17.1. The minimum Gasteiger partial charge on any atom is -0.373 e. The second-order valence-corrected chi connectivity index (χ2v) is 6.87. The van der Waals surface area contributed by atoms with Gasteiger partial charge in [-0.25, -0.2) is 4.39 Å². The maximum atomic E-state index is 13.4. The van der Waals surface area contributed by atoms with Crippen LogP contribution in [0.15, 0.2) is 36.4 Å². The van der Waals surface area contributed by atoms with Crippen LogP contribution in [-0.2, 0) is 11.3 Å². The number of ether oxygens (including phenoxy) is 1. The van der Waals surface area contributed by atoms with Gasteiger partial charge < -0.3 is 10.1 Å². The van der Waals surface area contributed by atoms with Crippen molar-refractivity contribution in [3.63, 3.8) is 0 Å². The van der Waals surface area contributed by atoms with E-state index in [0.717, 1.165) is 25.1 Å². The molecule has 1 aliphatic rings. The van der Waals surface area contributed by atoms with Crippen LogP contribution in [0, 0.1) is 26.6 Å². The van der Waals surface area contributed by atoms with E-state index in [9.17, 15) is 4.39 Å². The topological polar surface area (TPSA) is 21.3 Å². The van der Waals surface area contributed by atoms with E-state index in [1.54, 1.807) is 12.1 Å². The summed E-state index contributed by atoms with van der Waals surface area (Å²) in [5.41, 5.74) is 6.01. The minimum absolute atomic E-state index is 0.164. The summed E-state index contributed by atoms with van der Waals surface area (Å²) in [7, 11) is 0. The molecule has 2 nitrogen and oxygen atoms in total. The minimum atomic E-state index is -0.174. The Morgan fingerprint density at radius 1 is 1.04 bits per heavy atom. The average molecular weight is 327 g/mol. The Hall–Kier alpha value is -1.71.